The fourth-order valence-electron chi connectivity index (χ4n) is 3.51. The number of hydrogen-bond donors (Lipinski definition) is 1. The monoisotopic (exact) mass is 333 g/mol. The number of amides is 1. The number of carbonyl (C=O) groups excluding carboxylic acids is 1. The van der Waals surface area contributed by atoms with Gasteiger partial charge in [-0.05, 0) is 54.6 Å². The van der Waals surface area contributed by atoms with Gasteiger partial charge in [0.25, 0.3) is 0 Å². The van der Waals surface area contributed by atoms with Crippen LogP contribution in [0.3, 0.4) is 0 Å². The lowest BCUT2D eigenvalue weighted by atomic mass is 10.2. The molecule has 2 aromatic carbocycles. The van der Waals surface area contributed by atoms with Crippen molar-refractivity contribution in [2.75, 3.05) is 23.3 Å². The molecule has 1 amide bonds. The van der Waals surface area contributed by atoms with Gasteiger partial charge in [-0.3, -0.25) is 4.79 Å². The van der Waals surface area contributed by atoms with Gasteiger partial charge in [-0.25, -0.2) is 0 Å². The SMILES string of the molecule is O=C(CCn1ccc2ccccc21)Nc1ccc(N2CCCC2)cc1. The largest absolute Gasteiger partial charge is 0.372 e. The number of carbonyl (C=O) groups is 1. The number of nitrogens with one attached hydrogen (secondary N) is 1. The van der Waals surface area contributed by atoms with Crippen molar-refractivity contribution >= 4 is 28.2 Å². The van der Waals surface area contributed by atoms with Crippen LogP contribution in [0.2, 0.25) is 0 Å². The molecule has 1 N–H and O–H groups in total. The summed E-state index contributed by atoms with van der Waals surface area (Å²) in [5.74, 6) is 0.0479. The van der Waals surface area contributed by atoms with Gasteiger partial charge >= 0.3 is 0 Å². The van der Waals surface area contributed by atoms with Crippen molar-refractivity contribution in [3.8, 4) is 0 Å². The third-order valence-corrected chi connectivity index (χ3v) is 4.88. The third kappa shape index (κ3) is 3.53. The maximum Gasteiger partial charge on any atom is 0.226 e. The van der Waals surface area contributed by atoms with E-state index in [0.29, 0.717) is 13.0 Å². The average Bonchev–Trinajstić information content (AvgIpc) is 3.31. The predicted octanol–water partition coefficient (Wildman–Crippen LogP) is 4.27. The van der Waals surface area contributed by atoms with E-state index < -0.39 is 0 Å². The summed E-state index contributed by atoms with van der Waals surface area (Å²) < 4.78 is 2.13. The Morgan fingerprint density at radius 3 is 2.52 bits per heavy atom. The molecule has 0 spiro atoms. The van der Waals surface area contributed by atoms with Gasteiger partial charge in [0.05, 0.1) is 0 Å². The highest BCUT2D eigenvalue weighted by molar-refractivity contribution is 5.91. The summed E-state index contributed by atoms with van der Waals surface area (Å²) in [5.41, 5.74) is 3.28. The van der Waals surface area contributed by atoms with Crippen molar-refractivity contribution in [3.63, 3.8) is 0 Å². The maximum absolute atomic E-state index is 12.3. The van der Waals surface area contributed by atoms with Crippen LogP contribution >= 0.6 is 0 Å². The predicted molar refractivity (Wildman–Crippen MR) is 103 cm³/mol. The Hall–Kier alpha value is -2.75. The molecule has 1 fully saturated rings. The topological polar surface area (TPSA) is 37.3 Å². The lowest BCUT2D eigenvalue weighted by Gasteiger charge is -2.17. The second-order valence-electron chi connectivity index (χ2n) is 6.61. The van der Waals surface area contributed by atoms with Gasteiger partial charge in [-0.1, -0.05) is 18.2 Å². The maximum atomic E-state index is 12.3. The lowest BCUT2D eigenvalue weighted by Crippen LogP contribution is -2.17. The quantitative estimate of drug-likeness (QED) is 0.757. The first-order valence-electron chi connectivity index (χ1n) is 8.98. The summed E-state index contributed by atoms with van der Waals surface area (Å²) in [6.45, 7) is 2.96. The standard InChI is InChI=1S/C21H23N3O/c25-21(12-16-24-15-11-17-5-1-2-6-20(17)24)22-18-7-9-19(10-8-18)23-13-3-4-14-23/h1-2,5-11,15H,3-4,12-14,16H2,(H,22,25). The van der Waals surface area contributed by atoms with E-state index in [1.165, 1.54) is 29.4 Å². The van der Waals surface area contributed by atoms with Crippen molar-refractivity contribution in [2.45, 2.75) is 25.8 Å². The van der Waals surface area contributed by atoms with Crippen LogP contribution in [-0.2, 0) is 11.3 Å². The fourth-order valence-corrected chi connectivity index (χ4v) is 3.51. The molecule has 0 aliphatic carbocycles. The van der Waals surface area contributed by atoms with E-state index in [-0.39, 0.29) is 5.91 Å². The number of benzene rings is 2. The molecular weight excluding hydrogens is 310 g/mol. The van der Waals surface area contributed by atoms with E-state index in [9.17, 15) is 4.79 Å². The van der Waals surface area contributed by atoms with Gasteiger partial charge in [0, 0.05) is 49.1 Å². The Bertz CT molecular complexity index is 860. The first-order chi connectivity index (χ1) is 12.3. The Morgan fingerprint density at radius 1 is 0.960 bits per heavy atom. The van der Waals surface area contributed by atoms with Gasteiger partial charge in [0.1, 0.15) is 0 Å². The molecule has 4 rings (SSSR count). The van der Waals surface area contributed by atoms with Gasteiger partial charge in [0.15, 0.2) is 0 Å². The number of anilines is 2. The van der Waals surface area contributed by atoms with Crippen LogP contribution in [0, 0.1) is 0 Å². The highest BCUT2D eigenvalue weighted by Gasteiger charge is 2.12. The molecule has 128 valence electrons. The molecular formula is C21H23N3O. The van der Waals surface area contributed by atoms with Crippen LogP contribution in [0.5, 0.6) is 0 Å². The average molecular weight is 333 g/mol. The van der Waals surface area contributed by atoms with Crippen LogP contribution in [0.4, 0.5) is 11.4 Å². The molecule has 0 saturated carbocycles. The first-order valence-corrected chi connectivity index (χ1v) is 8.98. The number of nitrogens with zero attached hydrogens (tertiary/aromatic N) is 2. The van der Waals surface area contributed by atoms with Gasteiger partial charge in [0.2, 0.25) is 5.91 Å². The number of hydrogen-bond acceptors (Lipinski definition) is 2. The lowest BCUT2D eigenvalue weighted by molar-refractivity contribution is -0.116. The highest BCUT2D eigenvalue weighted by atomic mass is 16.1. The first kappa shape index (κ1) is 15.8. The summed E-state index contributed by atoms with van der Waals surface area (Å²) in [6.07, 6.45) is 5.05. The number of para-hydroxylation sites is 1. The van der Waals surface area contributed by atoms with Crippen molar-refractivity contribution < 1.29 is 4.79 Å². The van der Waals surface area contributed by atoms with Crippen LogP contribution < -0.4 is 10.2 Å². The molecule has 0 unspecified atom stereocenters. The molecule has 0 radical (unpaired) electrons. The Labute approximate surface area is 148 Å². The summed E-state index contributed by atoms with van der Waals surface area (Å²) >= 11 is 0. The second-order valence-corrected chi connectivity index (χ2v) is 6.61. The zero-order chi connectivity index (χ0) is 17.1. The molecule has 1 saturated heterocycles. The van der Waals surface area contributed by atoms with E-state index in [1.54, 1.807) is 0 Å². The Balaban J connectivity index is 1.34. The molecule has 1 aliphatic heterocycles. The van der Waals surface area contributed by atoms with Gasteiger partial charge in [-0.2, -0.15) is 0 Å². The molecule has 0 bridgehead atoms. The summed E-state index contributed by atoms with van der Waals surface area (Å²) in [6, 6.07) is 18.5. The van der Waals surface area contributed by atoms with Crippen LogP contribution in [0.25, 0.3) is 10.9 Å². The van der Waals surface area contributed by atoms with Gasteiger partial charge < -0.3 is 14.8 Å². The normalized spacial score (nSPS) is 14.2. The Morgan fingerprint density at radius 2 is 1.72 bits per heavy atom. The minimum absolute atomic E-state index is 0.0479. The third-order valence-electron chi connectivity index (χ3n) is 4.88. The van der Waals surface area contributed by atoms with E-state index in [0.717, 1.165) is 18.8 Å². The van der Waals surface area contributed by atoms with Crippen molar-refractivity contribution in [1.82, 2.24) is 4.57 Å². The molecule has 4 nitrogen and oxygen atoms in total. The summed E-state index contributed by atoms with van der Waals surface area (Å²) in [7, 11) is 0. The second kappa shape index (κ2) is 7.01. The zero-order valence-corrected chi connectivity index (χ0v) is 14.3. The minimum Gasteiger partial charge on any atom is -0.372 e. The molecule has 3 aromatic rings. The van der Waals surface area contributed by atoms with Crippen molar-refractivity contribution in [2.24, 2.45) is 0 Å². The number of rotatable bonds is 5. The molecule has 0 atom stereocenters. The molecule has 1 aromatic heterocycles. The van der Waals surface area contributed by atoms with Crippen molar-refractivity contribution in [1.29, 1.82) is 0 Å². The summed E-state index contributed by atoms with van der Waals surface area (Å²) in [4.78, 5) is 14.6. The zero-order valence-electron chi connectivity index (χ0n) is 14.3. The van der Waals surface area contributed by atoms with Gasteiger partial charge in [-0.15, -0.1) is 0 Å². The van der Waals surface area contributed by atoms with E-state index in [1.807, 2.05) is 30.5 Å². The number of aromatic nitrogens is 1. The van der Waals surface area contributed by atoms with E-state index in [2.05, 4.69) is 45.1 Å². The minimum atomic E-state index is 0.0479. The number of fused-ring (bicyclic) bond motifs is 1. The molecule has 4 heteroatoms. The molecule has 25 heavy (non-hydrogen) atoms. The molecule has 1 aliphatic rings. The van der Waals surface area contributed by atoms with Crippen LogP contribution in [-0.4, -0.2) is 23.6 Å². The molecule has 2 heterocycles. The van der Waals surface area contributed by atoms with Crippen LogP contribution in [0.1, 0.15) is 19.3 Å². The van der Waals surface area contributed by atoms with Crippen molar-refractivity contribution in [3.05, 3.63) is 60.8 Å². The van der Waals surface area contributed by atoms with E-state index >= 15 is 0 Å². The van der Waals surface area contributed by atoms with Crippen LogP contribution in [0.15, 0.2) is 60.8 Å². The number of aryl methyl sites for hydroxylation is 1. The highest BCUT2D eigenvalue weighted by Crippen LogP contribution is 2.22. The smallest absolute Gasteiger partial charge is 0.226 e. The fraction of sp³-hybridized carbons (Fsp3) is 0.286. The van der Waals surface area contributed by atoms with E-state index in [4.69, 9.17) is 0 Å². The Kier molecular flexibility index (Phi) is 4.42. The summed E-state index contributed by atoms with van der Waals surface area (Å²) in [5, 5.41) is 4.21.